The lowest BCUT2D eigenvalue weighted by Crippen LogP contribution is -2.38. The van der Waals surface area contributed by atoms with E-state index >= 15 is 0 Å². The van der Waals surface area contributed by atoms with E-state index in [2.05, 4.69) is 26.2 Å². The molecule has 2 bridgehead atoms. The van der Waals surface area contributed by atoms with Crippen molar-refractivity contribution < 1.29 is 14.9 Å². The summed E-state index contributed by atoms with van der Waals surface area (Å²) in [6, 6.07) is 1.58. The molecule has 4 heterocycles. The van der Waals surface area contributed by atoms with Gasteiger partial charge in [0.1, 0.15) is 23.8 Å². The summed E-state index contributed by atoms with van der Waals surface area (Å²) in [4.78, 5) is 12.3. The molecule has 0 aliphatic carbocycles. The van der Waals surface area contributed by atoms with Gasteiger partial charge in [0.2, 0.25) is 0 Å². The highest BCUT2D eigenvalue weighted by molar-refractivity contribution is 9.10. The molecule has 19 heavy (non-hydrogen) atoms. The number of aliphatic hydroxyl groups excluding tert-OH is 2. The van der Waals surface area contributed by atoms with Gasteiger partial charge in [-0.2, -0.15) is 0 Å². The predicted molar refractivity (Wildman–Crippen MR) is 65.4 cm³/mol. The monoisotopic (exact) mass is 328 g/mol. The third-order valence-electron chi connectivity index (χ3n) is 3.59. The van der Waals surface area contributed by atoms with Gasteiger partial charge in [-0.1, -0.05) is 5.21 Å². The summed E-state index contributed by atoms with van der Waals surface area (Å²) in [6.07, 6.45) is -3.73. The first kappa shape index (κ1) is 11.5. The molecule has 0 amide bonds. The van der Waals surface area contributed by atoms with Crippen molar-refractivity contribution in [1.29, 1.82) is 0 Å². The van der Waals surface area contributed by atoms with Crippen LogP contribution in [0.15, 0.2) is 15.3 Å². The average molecular weight is 329 g/mol. The van der Waals surface area contributed by atoms with E-state index in [1.54, 1.807) is 6.07 Å². The number of nitrogens with zero attached hydrogens (tertiary/aromatic N) is 4. The Morgan fingerprint density at radius 3 is 3.00 bits per heavy atom. The molecule has 2 aromatic heterocycles. The Labute approximate surface area is 114 Å². The standard InChI is InChI=1S/C10H9BrN4O4/c11-3-1-4-8-14(13-12-4)2-5-6(16)7(17)10(19-5)15(8)9(3)18/h1,5-7,10,16-17H,2H2/t5-,6?,7?,10+/m1/s1. The molecule has 9 heteroatoms. The van der Waals surface area contributed by atoms with Crippen LogP contribution < -0.4 is 5.56 Å². The molecular weight excluding hydrogens is 320 g/mol. The van der Waals surface area contributed by atoms with Crippen LogP contribution in [-0.4, -0.2) is 48.1 Å². The van der Waals surface area contributed by atoms with Crippen molar-refractivity contribution in [3.05, 3.63) is 20.9 Å². The Morgan fingerprint density at radius 2 is 2.21 bits per heavy atom. The SMILES string of the molecule is O=c1c(Br)cc2nnn3c2n1[C@H]1O[C@H](C3)C(O)C1O. The highest BCUT2D eigenvalue weighted by Gasteiger charge is 2.47. The number of hydrogen-bond acceptors (Lipinski definition) is 6. The molecule has 4 rings (SSSR count). The molecule has 1 saturated heterocycles. The van der Waals surface area contributed by atoms with Crippen LogP contribution in [0, 0.1) is 0 Å². The Kier molecular flexibility index (Phi) is 2.20. The lowest BCUT2D eigenvalue weighted by Gasteiger charge is -2.19. The van der Waals surface area contributed by atoms with E-state index < -0.39 is 24.5 Å². The van der Waals surface area contributed by atoms with Gasteiger partial charge in [0.05, 0.1) is 11.0 Å². The first-order chi connectivity index (χ1) is 9.08. The molecule has 0 aromatic carbocycles. The minimum Gasteiger partial charge on any atom is -0.387 e. The summed E-state index contributed by atoms with van der Waals surface area (Å²) in [5, 5.41) is 27.9. The van der Waals surface area contributed by atoms with Gasteiger partial charge in [-0.25, -0.2) is 4.68 Å². The fraction of sp³-hybridized carbons (Fsp3) is 0.500. The van der Waals surface area contributed by atoms with Crippen LogP contribution in [0.3, 0.4) is 0 Å². The molecule has 8 nitrogen and oxygen atoms in total. The first-order valence-electron chi connectivity index (χ1n) is 5.74. The molecule has 1 fully saturated rings. The second kappa shape index (κ2) is 3.63. The van der Waals surface area contributed by atoms with Crippen molar-refractivity contribution in [3.63, 3.8) is 0 Å². The van der Waals surface area contributed by atoms with Crippen LogP contribution in [0.5, 0.6) is 0 Å². The smallest absolute Gasteiger partial charge is 0.268 e. The number of rotatable bonds is 0. The van der Waals surface area contributed by atoms with Crippen LogP contribution in [-0.2, 0) is 11.3 Å². The van der Waals surface area contributed by atoms with Crippen LogP contribution in [0.2, 0.25) is 0 Å². The van der Waals surface area contributed by atoms with E-state index in [9.17, 15) is 15.0 Å². The van der Waals surface area contributed by atoms with Gasteiger partial charge in [-0.3, -0.25) is 9.36 Å². The average Bonchev–Trinajstić information content (AvgIpc) is 2.82. The maximum atomic E-state index is 12.3. The summed E-state index contributed by atoms with van der Waals surface area (Å²) in [7, 11) is 0. The maximum Gasteiger partial charge on any atom is 0.268 e. The Hall–Kier alpha value is -1.29. The molecule has 100 valence electrons. The Morgan fingerprint density at radius 1 is 1.42 bits per heavy atom. The van der Waals surface area contributed by atoms with Crippen LogP contribution in [0.4, 0.5) is 0 Å². The van der Waals surface area contributed by atoms with Crippen molar-refractivity contribution in [1.82, 2.24) is 19.6 Å². The zero-order valence-corrected chi connectivity index (χ0v) is 11.1. The molecule has 2 N–H and O–H groups in total. The van der Waals surface area contributed by atoms with Crippen molar-refractivity contribution in [2.75, 3.05) is 0 Å². The third kappa shape index (κ3) is 1.35. The number of aliphatic hydroxyl groups is 2. The molecule has 4 atom stereocenters. The van der Waals surface area contributed by atoms with E-state index in [1.807, 2.05) is 0 Å². The van der Waals surface area contributed by atoms with E-state index in [0.29, 0.717) is 15.6 Å². The van der Waals surface area contributed by atoms with Crippen molar-refractivity contribution >= 4 is 27.1 Å². The second-order valence-electron chi connectivity index (χ2n) is 4.69. The molecule has 2 aliphatic heterocycles. The largest absolute Gasteiger partial charge is 0.387 e. The first-order valence-corrected chi connectivity index (χ1v) is 6.53. The zero-order valence-electron chi connectivity index (χ0n) is 9.47. The third-order valence-corrected chi connectivity index (χ3v) is 4.16. The topological polar surface area (TPSA) is 102 Å². The molecule has 0 saturated carbocycles. The van der Waals surface area contributed by atoms with Crippen molar-refractivity contribution in [2.24, 2.45) is 0 Å². The fourth-order valence-corrected chi connectivity index (χ4v) is 3.09. The van der Waals surface area contributed by atoms with Crippen molar-refractivity contribution in [2.45, 2.75) is 31.1 Å². The minimum absolute atomic E-state index is 0.242. The lowest BCUT2D eigenvalue weighted by atomic mass is 10.1. The molecule has 0 radical (unpaired) electrons. The van der Waals surface area contributed by atoms with Gasteiger partial charge >= 0.3 is 0 Å². The van der Waals surface area contributed by atoms with E-state index in [-0.39, 0.29) is 12.1 Å². The normalized spacial score (nSPS) is 32.8. The maximum absolute atomic E-state index is 12.3. The quantitative estimate of drug-likeness (QED) is 0.642. The second-order valence-corrected chi connectivity index (χ2v) is 5.55. The zero-order chi connectivity index (χ0) is 13.3. The number of fused-ring (bicyclic) bond motifs is 3. The summed E-state index contributed by atoms with van der Waals surface area (Å²) in [5.74, 6) is 0. The van der Waals surface area contributed by atoms with E-state index in [1.165, 1.54) is 9.25 Å². The Balaban J connectivity index is 2.12. The van der Waals surface area contributed by atoms with Gasteiger partial charge in [0, 0.05) is 0 Å². The van der Waals surface area contributed by atoms with E-state index in [4.69, 9.17) is 4.74 Å². The molecular formula is C10H9BrN4O4. The molecule has 0 spiro atoms. The van der Waals surface area contributed by atoms with Crippen LogP contribution >= 0.6 is 15.9 Å². The van der Waals surface area contributed by atoms with Crippen molar-refractivity contribution in [3.8, 4) is 0 Å². The number of halogens is 1. The van der Waals surface area contributed by atoms with Gasteiger partial charge in [-0.15, -0.1) is 5.10 Å². The number of pyridine rings is 1. The summed E-state index contributed by atoms with van der Waals surface area (Å²) >= 11 is 3.16. The minimum atomic E-state index is -1.15. The van der Waals surface area contributed by atoms with Gasteiger partial charge < -0.3 is 14.9 Å². The summed E-state index contributed by atoms with van der Waals surface area (Å²) in [5.41, 5.74) is 0.672. The van der Waals surface area contributed by atoms with Gasteiger partial charge in [0.15, 0.2) is 11.9 Å². The summed E-state index contributed by atoms with van der Waals surface area (Å²) in [6.45, 7) is 0.242. The predicted octanol–water partition coefficient (Wildman–Crippen LogP) is -1.01. The number of ether oxygens (including phenoxy) is 1. The highest BCUT2D eigenvalue weighted by atomic mass is 79.9. The molecule has 2 unspecified atom stereocenters. The number of hydrogen-bond donors (Lipinski definition) is 2. The number of aromatic nitrogens is 4. The van der Waals surface area contributed by atoms with Gasteiger partial charge in [0.25, 0.3) is 5.56 Å². The summed E-state index contributed by atoms with van der Waals surface area (Å²) < 4.78 is 8.68. The Bertz CT molecular complexity index is 741. The van der Waals surface area contributed by atoms with E-state index in [0.717, 1.165) is 0 Å². The molecule has 2 aromatic rings. The van der Waals surface area contributed by atoms with Crippen LogP contribution in [0.1, 0.15) is 6.23 Å². The lowest BCUT2D eigenvalue weighted by molar-refractivity contribution is -0.0352. The van der Waals surface area contributed by atoms with Gasteiger partial charge in [-0.05, 0) is 22.0 Å². The van der Waals surface area contributed by atoms with Crippen LogP contribution in [0.25, 0.3) is 11.2 Å². The fourth-order valence-electron chi connectivity index (χ4n) is 2.68. The highest BCUT2D eigenvalue weighted by Crippen LogP contribution is 2.34. The molecule has 2 aliphatic rings.